The summed E-state index contributed by atoms with van der Waals surface area (Å²) in [6, 6.07) is 13.9. The van der Waals surface area contributed by atoms with E-state index in [1.54, 1.807) is 7.11 Å². The first-order valence-electron chi connectivity index (χ1n) is 12.3. The maximum absolute atomic E-state index is 13.0. The number of nitrogens with one attached hydrogen (secondary N) is 1. The van der Waals surface area contributed by atoms with Crippen molar-refractivity contribution in [1.29, 1.82) is 0 Å². The molecule has 0 aliphatic carbocycles. The first-order valence-corrected chi connectivity index (χ1v) is 13.1. The molecule has 7 nitrogen and oxygen atoms in total. The number of unbranched alkanes of at least 4 members (excludes halogenated alkanes) is 2. The van der Waals surface area contributed by atoms with Gasteiger partial charge in [0.05, 0.1) is 19.2 Å². The van der Waals surface area contributed by atoms with Gasteiger partial charge in [0.2, 0.25) is 0 Å². The van der Waals surface area contributed by atoms with Crippen LogP contribution < -0.4 is 20.7 Å². The van der Waals surface area contributed by atoms with Crippen LogP contribution in [-0.2, 0) is 6.54 Å². The number of methoxy groups -OCH3 is 1. The Morgan fingerprint density at radius 1 is 1.06 bits per heavy atom. The predicted molar refractivity (Wildman–Crippen MR) is 139 cm³/mol. The number of likely N-dealkylation sites (tertiary alicyclic amines) is 1. The highest BCUT2D eigenvalue weighted by Crippen LogP contribution is 2.46. The van der Waals surface area contributed by atoms with Crippen molar-refractivity contribution in [3.05, 3.63) is 68.9 Å². The van der Waals surface area contributed by atoms with Crippen molar-refractivity contribution >= 4 is 31.6 Å². The highest BCUT2D eigenvalue weighted by Gasteiger charge is 2.40. The van der Waals surface area contributed by atoms with Gasteiger partial charge in [0, 0.05) is 47.1 Å². The average Bonchev–Trinajstić information content (AvgIpc) is 3.46. The van der Waals surface area contributed by atoms with Crippen LogP contribution >= 0.6 is 11.3 Å². The minimum absolute atomic E-state index is 0.179. The first-order chi connectivity index (χ1) is 17.1. The van der Waals surface area contributed by atoms with Gasteiger partial charge < -0.3 is 19.4 Å². The van der Waals surface area contributed by atoms with Crippen molar-refractivity contribution in [2.24, 2.45) is 5.92 Å². The van der Waals surface area contributed by atoms with Crippen LogP contribution in [0.2, 0.25) is 0 Å². The number of thiophene rings is 1. The summed E-state index contributed by atoms with van der Waals surface area (Å²) in [4.78, 5) is 31.1. The molecule has 2 atom stereocenters. The SMILES string of the molecule is COc1cccc2c1[C@@H]1CN(CCCCCn3c(=O)[nH]c4c(sc5ccccc54)c3=O)C[C@H]1CO2. The third-order valence-corrected chi connectivity index (χ3v) is 8.61. The molecule has 0 unspecified atom stereocenters. The second-order valence-electron chi connectivity index (χ2n) is 9.56. The van der Waals surface area contributed by atoms with Gasteiger partial charge in [0.15, 0.2) is 0 Å². The van der Waals surface area contributed by atoms with Crippen molar-refractivity contribution in [3.63, 3.8) is 0 Å². The van der Waals surface area contributed by atoms with Crippen LogP contribution in [0.15, 0.2) is 52.1 Å². The van der Waals surface area contributed by atoms with E-state index in [2.05, 4.69) is 9.88 Å². The second kappa shape index (κ2) is 9.17. The Balaban J connectivity index is 1.07. The summed E-state index contributed by atoms with van der Waals surface area (Å²) in [6.07, 6.45) is 2.81. The summed E-state index contributed by atoms with van der Waals surface area (Å²) >= 11 is 1.45. The molecule has 0 radical (unpaired) electrons. The Hall–Kier alpha value is -3.10. The van der Waals surface area contributed by atoms with Gasteiger partial charge in [-0.3, -0.25) is 9.36 Å². The van der Waals surface area contributed by atoms with Crippen molar-refractivity contribution in [2.45, 2.75) is 31.7 Å². The molecule has 4 heterocycles. The lowest BCUT2D eigenvalue weighted by Crippen LogP contribution is -2.34. The van der Waals surface area contributed by atoms with E-state index in [1.165, 1.54) is 21.5 Å². The zero-order chi connectivity index (χ0) is 23.9. The number of hydrogen-bond acceptors (Lipinski definition) is 6. The molecule has 8 heteroatoms. The first kappa shape index (κ1) is 22.4. The van der Waals surface area contributed by atoms with Crippen LogP contribution in [0.4, 0.5) is 0 Å². The molecule has 1 saturated heterocycles. The minimum atomic E-state index is -0.317. The molecule has 2 aromatic heterocycles. The van der Waals surface area contributed by atoms with Crippen molar-refractivity contribution in [1.82, 2.24) is 14.5 Å². The Bertz CT molecular complexity index is 1490. The molecule has 0 spiro atoms. The highest BCUT2D eigenvalue weighted by molar-refractivity contribution is 7.25. The van der Waals surface area contributed by atoms with E-state index < -0.39 is 0 Å². The molecule has 2 aromatic carbocycles. The number of aromatic amines is 1. The fraction of sp³-hybridized carbons (Fsp3) is 0.407. The number of aromatic nitrogens is 2. The molecule has 2 aliphatic heterocycles. The van der Waals surface area contributed by atoms with Gasteiger partial charge in [-0.05, 0) is 37.6 Å². The largest absolute Gasteiger partial charge is 0.496 e. The van der Waals surface area contributed by atoms with E-state index in [0.29, 0.717) is 28.6 Å². The van der Waals surface area contributed by atoms with Gasteiger partial charge in [-0.2, -0.15) is 0 Å². The van der Waals surface area contributed by atoms with Gasteiger partial charge in [0.25, 0.3) is 5.56 Å². The fourth-order valence-electron chi connectivity index (χ4n) is 5.72. The molecular weight excluding hydrogens is 462 g/mol. The summed E-state index contributed by atoms with van der Waals surface area (Å²) < 4.78 is 14.7. The van der Waals surface area contributed by atoms with Crippen LogP contribution in [-0.4, -0.2) is 47.8 Å². The van der Waals surface area contributed by atoms with Crippen LogP contribution in [0.25, 0.3) is 20.3 Å². The molecule has 2 aliphatic rings. The smallest absolute Gasteiger partial charge is 0.328 e. The van der Waals surface area contributed by atoms with Crippen molar-refractivity contribution in [3.8, 4) is 11.5 Å². The van der Waals surface area contributed by atoms with E-state index in [9.17, 15) is 9.59 Å². The van der Waals surface area contributed by atoms with Gasteiger partial charge in [-0.15, -0.1) is 11.3 Å². The number of nitrogens with zero attached hydrogens (tertiary/aromatic N) is 2. The Morgan fingerprint density at radius 2 is 1.91 bits per heavy atom. The van der Waals surface area contributed by atoms with Crippen molar-refractivity contribution < 1.29 is 9.47 Å². The summed E-state index contributed by atoms with van der Waals surface area (Å²) in [7, 11) is 1.72. The number of ether oxygens (including phenoxy) is 2. The van der Waals surface area contributed by atoms with Gasteiger partial charge >= 0.3 is 5.69 Å². The summed E-state index contributed by atoms with van der Waals surface area (Å²) in [5.41, 5.74) is 1.38. The van der Waals surface area contributed by atoms with Crippen LogP contribution in [0.1, 0.15) is 30.7 Å². The van der Waals surface area contributed by atoms with Crippen LogP contribution in [0, 0.1) is 5.92 Å². The number of rotatable bonds is 7. The van der Waals surface area contributed by atoms with Gasteiger partial charge in [-0.1, -0.05) is 30.7 Å². The molecular formula is C27H29N3O4S. The van der Waals surface area contributed by atoms with E-state index in [-0.39, 0.29) is 11.2 Å². The molecule has 0 amide bonds. The zero-order valence-electron chi connectivity index (χ0n) is 19.8. The van der Waals surface area contributed by atoms with Crippen molar-refractivity contribution in [2.75, 3.05) is 33.4 Å². The van der Waals surface area contributed by atoms with E-state index >= 15 is 0 Å². The fourth-order valence-corrected chi connectivity index (χ4v) is 6.83. The molecule has 1 fully saturated rings. The summed E-state index contributed by atoms with van der Waals surface area (Å²) in [5, 5.41) is 0.936. The quantitative estimate of drug-likeness (QED) is 0.392. The second-order valence-corrected chi connectivity index (χ2v) is 10.6. The molecule has 182 valence electrons. The number of hydrogen-bond donors (Lipinski definition) is 1. The number of benzene rings is 2. The zero-order valence-corrected chi connectivity index (χ0v) is 20.6. The molecule has 6 rings (SSSR count). The number of H-pyrrole nitrogens is 1. The minimum Gasteiger partial charge on any atom is -0.496 e. The Kier molecular flexibility index (Phi) is 5.86. The van der Waals surface area contributed by atoms with Crippen LogP contribution in [0.5, 0.6) is 11.5 Å². The number of fused-ring (bicyclic) bond motifs is 6. The lowest BCUT2D eigenvalue weighted by Gasteiger charge is -2.29. The van der Waals surface area contributed by atoms with Crippen LogP contribution in [0.3, 0.4) is 0 Å². The average molecular weight is 492 g/mol. The van der Waals surface area contributed by atoms with E-state index in [0.717, 1.165) is 67.1 Å². The molecule has 1 N–H and O–H groups in total. The topological polar surface area (TPSA) is 76.6 Å². The monoisotopic (exact) mass is 491 g/mol. The standard InChI is InChI=1S/C27H29N3O4S/c1-33-20-9-7-10-21-23(20)19-15-29(14-17(19)16-34-21)12-5-2-6-13-30-26(31)25-24(28-27(30)32)18-8-3-4-11-22(18)35-25/h3-4,7-11,17,19H,2,5-6,12-16H2,1H3,(H,28,32)/t17-,19+/m0/s1. The third-order valence-electron chi connectivity index (χ3n) is 7.45. The molecule has 4 aromatic rings. The van der Waals surface area contributed by atoms with E-state index in [1.807, 2.05) is 42.5 Å². The Labute approximate surface area is 206 Å². The molecule has 0 bridgehead atoms. The summed E-state index contributed by atoms with van der Waals surface area (Å²) in [6.45, 7) is 4.26. The lowest BCUT2D eigenvalue weighted by molar-refractivity contribution is 0.209. The van der Waals surface area contributed by atoms with Gasteiger partial charge in [-0.25, -0.2) is 4.79 Å². The lowest BCUT2D eigenvalue weighted by atomic mass is 9.86. The summed E-state index contributed by atoms with van der Waals surface area (Å²) in [5.74, 6) is 2.81. The normalized spacial score (nSPS) is 19.6. The van der Waals surface area contributed by atoms with E-state index in [4.69, 9.17) is 9.47 Å². The third kappa shape index (κ3) is 3.94. The Morgan fingerprint density at radius 3 is 2.80 bits per heavy atom. The van der Waals surface area contributed by atoms with Gasteiger partial charge in [0.1, 0.15) is 16.2 Å². The predicted octanol–water partition coefficient (Wildman–Crippen LogP) is 4.19. The maximum atomic E-state index is 13.0. The highest BCUT2D eigenvalue weighted by atomic mass is 32.1. The molecule has 0 saturated carbocycles. The maximum Gasteiger partial charge on any atom is 0.328 e. The molecule has 35 heavy (non-hydrogen) atoms.